The summed E-state index contributed by atoms with van der Waals surface area (Å²) < 4.78 is 9.56. The van der Waals surface area contributed by atoms with Crippen molar-refractivity contribution in [2.24, 2.45) is 10.8 Å². The van der Waals surface area contributed by atoms with E-state index in [1.165, 1.54) is 14.2 Å². The summed E-state index contributed by atoms with van der Waals surface area (Å²) in [6.45, 7) is 9.93. The highest BCUT2D eigenvalue weighted by Crippen LogP contribution is 2.21. The van der Waals surface area contributed by atoms with Gasteiger partial charge in [-0.2, -0.15) is 0 Å². The van der Waals surface area contributed by atoms with Crippen molar-refractivity contribution < 1.29 is 19.1 Å². The molecule has 0 aliphatic carbocycles. The van der Waals surface area contributed by atoms with Crippen LogP contribution in [0.25, 0.3) is 0 Å². The summed E-state index contributed by atoms with van der Waals surface area (Å²) in [5.74, 6) is -0.467. The highest BCUT2D eigenvalue weighted by Gasteiger charge is 2.28. The topological polar surface area (TPSA) is 101 Å². The Bertz CT molecular complexity index is 520. The molecule has 29 heavy (non-hydrogen) atoms. The summed E-state index contributed by atoms with van der Waals surface area (Å²) >= 11 is 10.5. The average Bonchev–Trinajstić information content (AvgIpc) is 2.65. The van der Waals surface area contributed by atoms with Gasteiger partial charge in [-0.15, -0.1) is 0 Å². The molecule has 0 amide bonds. The number of carbonyl (C=O) groups excluding carboxylic acids is 2. The van der Waals surface area contributed by atoms with Crippen molar-refractivity contribution >= 4 is 46.6 Å². The Labute approximate surface area is 185 Å². The molecule has 0 aromatic heterocycles. The number of nitrogens with one attached hydrogen (secondary N) is 4. The second-order valence-electron chi connectivity index (χ2n) is 7.97. The third-order valence-electron chi connectivity index (χ3n) is 4.47. The lowest BCUT2D eigenvalue weighted by Gasteiger charge is -2.22. The second kappa shape index (κ2) is 13.5. The van der Waals surface area contributed by atoms with E-state index in [1.54, 1.807) is 0 Å². The molecule has 0 radical (unpaired) electrons. The fraction of sp³-hybridized carbons (Fsp3) is 0.789. The molecular formula is C19H36N4O4S2. The van der Waals surface area contributed by atoms with Gasteiger partial charge in [-0.3, -0.25) is 9.59 Å². The summed E-state index contributed by atoms with van der Waals surface area (Å²) in [6.07, 6.45) is 2.07. The van der Waals surface area contributed by atoms with Crippen LogP contribution in [0.15, 0.2) is 0 Å². The van der Waals surface area contributed by atoms with Gasteiger partial charge in [-0.25, -0.2) is 0 Å². The normalized spacial score (nSPS) is 11.2. The molecule has 0 saturated carbocycles. The molecule has 4 N–H and O–H groups in total. The van der Waals surface area contributed by atoms with E-state index in [1.807, 2.05) is 27.7 Å². The van der Waals surface area contributed by atoms with Crippen LogP contribution in [0, 0.1) is 10.8 Å². The molecule has 0 unspecified atom stereocenters. The fourth-order valence-corrected chi connectivity index (χ4v) is 2.76. The van der Waals surface area contributed by atoms with E-state index in [0.717, 1.165) is 6.42 Å². The minimum Gasteiger partial charge on any atom is -0.469 e. The van der Waals surface area contributed by atoms with Crippen molar-refractivity contribution in [3.63, 3.8) is 0 Å². The van der Waals surface area contributed by atoms with E-state index < -0.39 is 10.8 Å². The van der Waals surface area contributed by atoms with E-state index in [2.05, 4.69) is 21.3 Å². The lowest BCUT2D eigenvalue weighted by molar-refractivity contribution is -0.151. The first-order chi connectivity index (χ1) is 13.5. The number of esters is 2. The first kappa shape index (κ1) is 27.3. The fourth-order valence-electron chi connectivity index (χ4n) is 2.35. The number of hydrogen-bond donors (Lipinski definition) is 4. The minimum absolute atomic E-state index is 0.234. The maximum Gasteiger partial charge on any atom is 0.311 e. The number of ether oxygens (including phenoxy) is 2. The van der Waals surface area contributed by atoms with Gasteiger partial charge in [-0.1, -0.05) is 0 Å². The van der Waals surface area contributed by atoms with Crippen LogP contribution < -0.4 is 21.3 Å². The van der Waals surface area contributed by atoms with E-state index in [4.69, 9.17) is 33.9 Å². The first-order valence-corrected chi connectivity index (χ1v) is 10.5. The molecule has 168 valence electrons. The molecule has 0 aliphatic heterocycles. The van der Waals surface area contributed by atoms with Gasteiger partial charge < -0.3 is 30.7 Å². The molecule has 0 bridgehead atoms. The molecule has 0 spiro atoms. The van der Waals surface area contributed by atoms with Crippen LogP contribution in [-0.4, -0.2) is 62.6 Å². The van der Waals surface area contributed by atoms with Crippen molar-refractivity contribution in [2.75, 3.05) is 40.4 Å². The molecular weight excluding hydrogens is 412 g/mol. The number of thiocarbonyl (C=S) groups is 2. The summed E-state index contributed by atoms with van der Waals surface area (Å²) in [5.41, 5.74) is -1.09. The monoisotopic (exact) mass is 448 g/mol. The molecule has 0 atom stereocenters. The Morgan fingerprint density at radius 1 is 0.690 bits per heavy atom. The molecule has 10 heteroatoms. The van der Waals surface area contributed by atoms with Crippen molar-refractivity contribution in [1.82, 2.24) is 21.3 Å². The largest absolute Gasteiger partial charge is 0.469 e. The summed E-state index contributed by atoms with van der Waals surface area (Å²) in [4.78, 5) is 23.3. The van der Waals surface area contributed by atoms with E-state index in [0.29, 0.717) is 49.2 Å². The van der Waals surface area contributed by atoms with Crippen LogP contribution in [0.5, 0.6) is 0 Å². The number of hydrogen-bond acceptors (Lipinski definition) is 6. The third-order valence-corrected chi connectivity index (χ3v) is 5.05. The highest BCUT2D eigenvalue weighted by atomic mass is 32.1. The van der Waals surface area contributed by atoms with Gasteiger partial charge in [0, 0.05) is 26.2 Å². The van der Waals surface area contributed by atoms with Crippen LogP contribution in [-0.2, 0) is 19.1 Å². The van der Waals surface area contributed by atoms with Gasteiger partial charge in [0.15, 0.2) is 10.2 Å². The number of rotatable bonds is 12. The van der Waals surface area contributed by atoms with Gasteiger partial charge >= 0.3 is 11.9 Å². The predicted molar refractivity (Wildman–Crippen MR) is 123 cm³/mol. The summed E-state index contributed by atoms with van der Waals surface area (Å²) in [5, 5.41) is 13.5. The molecule has 0 aromatic rings. The van der Waals surface area contributed by atoms with Crippen molar-refractivity contribution in [3.05, 3.63) is 0 Å². The Hall–Kier alpha value is -1.68. The van der Waals surface area contributed by atoms with Gasteiger partial charge in [0.05, 0.1) is 25.0 Å². The van der Waals surface area contributed by atoms with Gasteiger partial charge in [0.25, 0.3) is 0 Å². The maximum absolute atomic E-state index is 11.6. The average molecular weight is 449 g/mol. The summed E-state index contributed by atoms with van der Waals surface area (Å²) in [7, 11) is 2.78. The van der Waals surface area contributed by atoms with Crippen LogP contribution in [0.4, 0.5) is 0 Å². The van der Waals surface area contributed by atoms with Crippen LogP contribution in [0.1, 0.15) is 47.0 Å². The van der Waals surface area contributed by atoms with Crippen LogP contribution in [0.2, 0.25) is 0 Å². The highest BCUT2D eigenvalue weighted by molar-refractivity contribution is 7.80. The van der Waals surface area contributed by atoms with Gasteiger partial charge in [0.2, 0.25) is 0 Å². The van der Waals surface area contributed by atoms with E-state index in [9.17, 15) is 9.59 Å². The van der Waals surface area contributed by atoms with Crippen molar-refractivity contribution in [2.45, 2.75) is 47.0 Å². The molecule has 8 nitrogen and oxygen atoms in total. The zero-order valence-electron chi connectivity index (χ0n) is 18.4. The molecule has 0 saturated heterocycles. The summed E-state index contributed by atoms with van der Waals surface area (Å²) in [6, 6.07) is 0. The van der Waals surface area contributed by atoms with Gasteiger partial charge in [0.1, 0.15) is 0 Å². The minimum atomic E-state index is -0.546. The molecule has 0 rings (SSSR count). The first-order valence-electron chi connectivity index (χ1n) is 9.66. The molecule has 0 aliphatic rings. The van der Waals surface area contributed by atoms with Crippen molar-refractivity contribution in [3.8, 4) is 0 Å². The SMILES string of the molecule is COC(=O)C(C)(C)CCNC(=S)NCCCNC(=S)NCCC(C)(C)C(=O)OC. The number of methoxy groups -OCH3 is 2. The zero-order chi connectivity index (χ0) is 22.5. The maximum atomic E-state index is 11.6. The number of carbonyl (C=O) groups is 2. The standard InChI is InChI=1S/C19H36N4O4S2/c1-18(2,14(24)26-5)8-12-22-16(28)20-10-7-11-21-17(29)23-13-9-19(3,4)15(25)27-6/h7-13H2,1-6H3,(H2,20,22,28)(H2,21,23,29). The molecule has 0 heterocycles. The zero-order valence-corrected chi connectivity index (χ0v) is 20.0. The van der Waals surface area contributed by atoms with Crippen LogP contribution in [0.3, 0.4) is 0 Å². The Morgan fingerprint density at radius 2 is 1.00 bits per heavy atom. The predicted octanol–water partition coefficient (Wildman–Crippen LogP) is 1.48. The second-order valence-corrected chi connectivity index (χ2v) is 8.79. The molecule has 0 aromatic carbocycles. The third kappa shape index (κ3) is 11.8. The Balaban J connectivity index is 3.80. The lowest BCUT2D eigenvalue weighted by atomic mass is 9.89. The smallest absolute Gasteiger partial charge is 0.311 e. The van der Waals surface area contributed by atoms with Crippen LogP contribution >= 0.6 is 24.4 Å². The molecule has 0 fully saturated rings. The van der Waals surface area contributed by atoms with Gasteiger partial charge in [-0.05, 0) is 71.4 Å². The quantitative estimate of drug-likeness (QED) is 0.200. The Kier molecular flexibility index (Phi) is 12.7. The van der Waals surface area contributed by atoms with E-state index >= 15 is 0 Å². The Morgan fingerprint density at radius 3 is 1.31 bits per heavy atom. The van der Waals surface area contributed by atoms with E-state index in [-0.39, 0.29) is 11.9 Å². The van der Waals surface area contributed by atoms with Crippen molar-refractivity contribution in [1.29, 1.82) is 0 Å². The lowest BCUT2D eigenvalue weighted by Crippen LogP contribution is -2.41.